The van der Waals surface area contributed by atoms with Crippen LogP contribution in [0.1, 0.15) is 32.3 Å². The lowest BCUT2D eigenvalue weighted by molar-refractivity contribution is -0.384. The molecule has 0 spiro atoms. The molecule has 1 unspecified atom stereocenters. The van der Waals surface area contributed by atoms with Crippen molar-refractivity contribution >= 4 is 29.3 Å². The Morgan fingerprint density at radius 3 is 2.48 bits per heavy atom. The Kier molecular flexibility index (Phi) is 7.23. The van der Waals surface area contributed by atoms with Gasteiger partial charge in [0, 0.05) is 18.6 Å². The van der Waals surface area contributed by atoms with Crippen molar-refractivity contribution in [2.45, 2.75) is 38.7 Å². The molecule has 1 aromatic carbocycles. The maximum Gasteiger partial charge on any atom is 0.358 e. The number of carbonyl (C=O) groups excluding carboxylic acids is 2. The lowest BCUT2D eigenvalue weighted by atomic mass is 10.1. The van der Waals surface area contributed by atoms with E-state index < -0.39 is 10.9 Å². The summed E-state index contributed by atoms with van der Waals surface area (Å²) in [5.41, 5.74) is 0.700. The molecule has 1 fully saturated rings. The van der Waals surface area contributed by atoms with Crippen LogP contribution in [0.4, 0.5) is 5.69 Å². The maximum atomic E-state index is 12.7. The molecule has 0 saturated carbocycles. The third-order valence-electron chi connectivity index (χ3n) is 4.05. The van der Waals surface area contributed by atoms with Crippen molar-refractivity contribution in [2.75, 3.05) is 12.9 Å². The molecule has 1 atom stereocenters. The zero-order valence-electron chi connectivity index (χ0n) is 15.5. The Morgan fingerprint density at radius 2 is 2.00 bits per heavy atom. The molecule has 1 aliphatic heterocycles. The molecule has 2 rings (SSSR count). The summed E-state index contributed by atoms with van der Waals surface area (Å²) in [5.74, 6) is 0.403. The van der Waals surface area contributed by atoms with Gasteiger partial charge < -0.3 is 9.47 Å². The fraction of sp³-hybridized carbons (Fsp3) is 0.444. The van der Waals surface area contributed by atoms with Crippen LogP contribution in [-0.4, -0.2) is 39.9 Å². The average Bonchev–Trinajstić information content (AvgIpc) is 2.66. The van der Waals surface area contributed by atoms with Crippen molar-refractivity contribution in [3.8, 4) is 0 Å². The topological polar surface area (TPSA) is 99.0 Å². The van der Waals surface area contributed by atoms with Crippen molar-refractivity contribution in [1.82, 2.24) is 4.90 Å². The average molecular weight is 394 g/mol. The Bertz CT molecular complexity index is 741. The molecule has 8 nitrogen and oxygen atoms in total. The molecule has 1 amide bonds. The fourth-order valence-electron chi connectivity index (χ4n) is 2.67. The zero-order chi connectivity index (χ0) is 20.0. The van der Waals surface area contributed by atoms with Gasteiger partial charge in [0.15, 0.2) is 5.70 Å². The smallest absolute Gasteiger partial charge is 0.358 e. The number of amides is 1. The number of nitro benzene ring substituents is 1. The van der Waals surface area contributed by atoms with Crippen molar-refractivity contribution < 1.29 is 24.0 Å². The van der Waals surface area contributed by atoms with Crippen LogP contribution in [0.15, 0.2) is 35.7 Å². The summed E-state index contributed by atoms with van der Waals surface area (Å²) in [7, 11) is 1.45. The highest BCUT2D eigenvalue weighted by atomic mass is 32.2. The van der Waals surface area contributed by atoms with Gasteiger partial charge in [-0.3, -0.25) is 19.8 Å². The van der Waals surface area contributed by atoms with Gasteiger partial charge in [0.25, 0.3) is 5.69 Å². The molecule has 1 saturated heterocycles. The molecule has 0 bridgehead atoms. The lowest BCUT2D eigenvalue weighted by Crippen LogP contribution is -2.52. The Labute approximate surface area is 161 Å². The molecule has 9 heteroatoms. The van der Waals surface area contributed by atoms with E-state index in [2.05, 4.69) is 0 Å². The molecule has 0 aromatic heterocycles. The molecule has 146 valence electrons. The van der Waals surface area contributed by atoms with Crippen LogP contribution in [0.25, 0.3) is 0 Å². The number of likely N-dealkylation sites (tertiary alicyclic amines) is 1. The number of benzene rings is 1. The fourth-order valence-corrected chi connectivity index (χ4v) is 3.69. The normalized spacial score (nSPS) is 17.1. The molecule has 0 N–H and O–H groups in total. The van der Waals surface area contributed by atoms with E-state index in [1.165, 1.54) is 36.3 Å². The summed E-state index contributed by atoms with van der Waals surface area (Å²) < 4.78 is 10.7. The Balaban J connectivity index is 2.16. The molecule has 0 radical (unpaired) electrons. The number of non-ortho nitro benzene ring substituents is 1. The molecule has 27 heavy (non-hydrogen) atoms. The van der Waals surface area contributed by atoms with Gasteiger partial charge >= 0.3 is 5.97 Å². The number of esters is 1. The van der Waals surface area contributed by atoms with Crippen molar-refractivity contribution in [2.24, 2.45) is 0 Å². The summed E-state index contributed by atoms with van der Waals surface area (Å²) in [5, 5.41) is 10.6. The summed E-state index contributed by atoms with van der Waals surface area (Å²) >= 11 is 1.58. The highest BCUT2D eigenvalue weighted by Gasteiger charge is 2.43. The number of nitrogens with zero attached hydrogens (tertiary/aromatic N) is 2. The Hall–Kier alpha value is -2.55. The highest BCUT2D eigenvalue weighted by Crippen LogP contribution is 2.35. The monoisotopic (exact) mass is 394 g/mol. The number of hydrogen-bond donors (Lipinski definition) is 0. The molecule has 0 aliphatic carbocycles. The van der Waals surface area contributed by atoms with Crippen LogP contribution in [0.5, 0.6) is 0 Å². The summed E-state index contributed by atoms with van der Waals surface area (Å²) in [6, 6.07) is 5.74. The van der Waals surface area contributed by atoms with Gasteiger partial charge in [-0.2, -0.15) is 0 Å². The SMILES string of the molecule is CCSC1CC(=O)N1C(C(=O)OCc1ccc([N+](=O)[O-])cc1)=C(CC)OC. The van der Waals surface area contributed by atoms with Crippen LogP contribution in [0.2, 0.25) is 0 Å². The minimum Gasteiger partial charge on any atom is -0.499 e. The van der Waals surface area contributed by atoms with E-state index in [0.29, 0.717) is 24.2 Å². The molecule has 1 heterocycles. The second kappa shape index (κ2) is 9.40. The van der Waals surface area contributed by atoms with Gasteiger partial charge in [0.2, 0.25) is 5.91 Å². The quantitative estimate of drug-likeness (QED) is 0.158. The van der Waals surface area contributed by atoms with Crippen LogP contribution >= 0.6 is 11.8 Å². The first-order chi connectivity index (χ1) is 12.9. The van der Waals surface area contributed by atoms with E-state index in [0.717, 1.165) is 5.75 Å². The van der Waals surface area contributed by atoms with E-state index in [4.69, 9.17) is 9.47 Å². The lowest BCUT2D eigenvalue weighted by Gasteiger charge is -2.40. The summed E-state index contributed by atoms with van der Waals surface area (Å²) in [4.78, 5) is 36.5. The summed E-state index contributed by atoms with van der Waals surface area (Å²) in [6.45, 7) is 3.75. The van der Waals surface area contributed by atoms with Crippen molar-refractivity contribution in [1.29, 1.82) is 0 Å². The van der Waals surface area contributed by atoms with Crippen LogP contribution < -0.4 is 0 Å². The van der Waals surface area contributed by atoms with E-state index in [1.54, 1.807) is 11.8 Å². The van der Waals surface area contributed by atoms with Crippen LogP contribution in [-0.2, 0) is 25.7 Å². The number of β-lactam (4-membered cyclic amide) rings is 1. The van der Waals surface area contributed by atoms with Crippen LogP contribution in [0, 0.1) is 10.1 Å². The predicted molar refractivity (Wildman–Crippen MR) is 101 cm³/mol. The van der Waals surface area contributed by atoms with E-state index >= 15 is 0 Å². The molecule has 1 aliphatic rings. The van der Waals surface area contributed by atoms with Gasteiger partial charge in [-0.05, 0) is 23.4 Å². The highest BCUT2D eigenvalue weighted by molar-refractivity contribution is 7.99. The second-order valence-electron chi connectivity index (χ2n) is 5.71. The number of ether oxygens (including phenoxy) is 2. The largest absolute Gasteiger partial charge is 0.499 e. The number of hydrogen-bond acceptors (Lipinski definition) is 7. The number of methoxy groups -OCH3 is 1. The van der Waals surface area contributed by atoms with Gasteiger partial charge in [-0.25, -0.2) is 4.79 Å². The predicted octanol–water partition coefficient (Wildman–Crippen LogP) is 3.22. The zero-order valence-corrected chi connectivity index (χ0v) is 16.3. The van der Waals surface area contributed by atoms with Gasteiger partial charge in [0.05, 0.1) is 23.8 Å². The summed E-state index contributed by atoms with van der Waals surface area (Å²) in [6.07, 6.45) is 0.810. The molecular weight excluding hydrogens is 372 g/mol. The standard InChI is InChI=1S/C18H22N2O6S/c1-4-14(25-3)17(19-15(21)10-16(19)27-5-2)18(22)26-11-12-6-8-13(9-7-12)20(23)24/h6-9,16H,4-5,10-11H2,1-3H3. The first kappa shape index (κ1) is 20.8. The van der Waals surface area contributed by atoms with Gasteiger partial charge in [-0.15, -0.1) is 11.8 Å². The van der Waals surface area contributed by atoms with Crippen molar-refractivity contribution in [3.05, 3.63) is 51.4 Å². The second-order valence-corrected chi connectivity index (χ2v) is 7.16. The van der Waals surface area contributed by atoms with Gasteiger partial charge in [0.1, 0.15) is 12.4 Å². The molecule has 1 aromatic rings. The first-order valence-corrected chi connectivity index (χ1v) is 9.59. The number of nitro groups is 1. The third kappa shape index (κ3) is 4.79. The number of allylic oxidation sites excluding steroid dienone is 1. The maximum absolute atomic E-state index is 12.7. The van der Waals surface area contributed by atoms with Crippen molar-refractivity contribution in [3.63, 3.8) is 0 Å². The minimum atomic E-state index is -0.651. The van der Waals surface area contributed by atoms with Gasteiger partial charge in [-0.1, -0.05) is 13.8 Å². The molecular formula is C18H22N2O6S. The third-order valence-corrected chi connectivity index (χ3v) is 5.14. The van der Waals surface area contributed by atoms with E-state index in [-0.39, 0.29) is 29.3 Å². The number of thioether (sulfide) groups is 1. The first-order valence-electron chi connectivity index (χ1n) is 8.54. The van der Waals surface area contributed by atoms with Crippen LogP contribution in [0.3, 0.4) is 0 Å². The Morgan fingerprint density at radius 1 is 1.33 bits per heavy atom. The number of carbonyl (C=O) groups is 2. The van der Waals surface area contributed by atoms with E-state index in [9.17, 15) is 19.7 Å². The minimum absolute atomic E-state index is 0.0380. The van der Waals surface area contributed by atoms with E-state index in [1.807, 2.05) is 13.8 Å². The number of rotatable bonds is 9.